The Balaban J connectivity index is 1.55. The molecule has 1 fully saturated rings. The fourth-order valence-electron chi connectivity index (χ4n) is 2.94. The minimum absolute atomic E-state index is 0.195. The number of nitrogens with one attached hydrogen (secondary N) is 1. The molecular formula is C19H17F3N2O2. The van der Waals surface area contributed by atoms with E-state index < -0.39 is 23.4 Å². The number of nitrogens with zero attached hydrogens (tertiary/aromatic N) is 1. The highest BCUT2D eigenvalue weighted by Crippen LogP contribution is 2.16. The molecule has 1 aliphatic heterocycles. The Bertz CT molecular complexity index is 816. The molecule has 1 saturated heterocycles. The second kappa shape index (κ2) is 7.59. The van der Waals surface area contributed by atoms with Crippen LogP contribution >= 0.6 is 0 Å². The summed E-state index contributed by atoms with van der Waals surface area (Å²) in [5.74, 6) is -2.86. The summed E-state index contributed by atoms with van der Waals surface area (Å²) in [6.45, 7) is 0.847. The Morgan fingerprint density at radius 1 is 0.923 bits per heavy atom. The van der Waals surface area contributed by atoms with Crippen LogP contribution in [0.3, 0.4) is 0 Å². The number of hydrogen-bond donors (Lipinski definition) is 1. The number of halogens is 3. The third-order valence-corrected chi connectivity index (χ3v) is 4.38. The van der Waals surface area contributed by atoms with Crippen molar-refractivity contribution >= 4 is 11.8 Å². The Hall–Kier alpha value is -2.83. The van der Waals surface area contributed by atoms with E-state index in [1.807, 2.05) is 0 Å². The van der Waals surface area contributed by atoms with Crippen molar-refractivity contribution in [3.8, 4) is 0 Å². The van der Waals surface area contributed by atoms with Crippen LogP contribution in [0.4, 0.5) is 13.2 Å². The molecule has 0 saturated carbocycles. The summed E-state index contributed by atoms with van der Waals surface area (Å²) >= 11 is 0. The smallest absolute Gasteiger partial charge is 0.254 e. The van der Waals surface area contributed by atoms with E-state index in [2.05, 4.69) is 5.32 Å². The molecule has 2 amide bonds. The molecule has 1 heterocycles. The van der Waals surface area contributed by atoms with Gasteiger partial charge in [0.05, 0.1) is 5.56 Å². The van der Waals surface area contributed by atoms with Gasteiger partial charge in [0, 0.05) is 30.8 Å². The first-order chi connectivity index (χ1) is 12.4. The van der Waals surface area contributed by atoms with Gasteiger partial charge in [0.2, 0.25) is 0 Å². The van der Waals surface area contributed by atoms with E-state index in [0.717, 1.165) is 12.1 Å². The molecule has 0 radical (unpaired) electrons. The molecule has 136 valence electrons. The van der Waals surface area contributed by atoms with Gasteiger partial charge >= 0.3 is 0 Å². The van der Waals surface area contributed by atoms with Crippen molar-refractivity contribution in [3.05, 3.63) is 71.0 Å². The molecule has 1 aliphatic rings. The van der Waals surface area contributed by atoms with Gasteiger partial charge in [0.1, 0.15) is 17.5 Å². The van der Waals surface area contributed by atoms with E-state index in [9.17, 15) is 22.8 Å². The monoisotopic (exact) mass is 362 g/mol. The summed E-state index contributed by atoms with van der Waals surface area (Å²) in [5, 5.41) is 2.71. The van der Waals surface area contributed by atoms with Crippen LogP contribution in [0, 0.1) is 17.5 Å². The molecule has 7 heteroatoms. The van der Waals surface area contributed by atoms with Crippen molar-refractivity contribution in [1.29, 1.82) is 0 Å². The van der Waals surface area contributed by atoms with Gasteiger partial charge in [-0.05, 0) is 49.2 Å². The van der Waals surface area contributed by atoms with Crippen molar-refractivity contribution in [2.24, 2.45) is 0 Å². The van der Waals surface area contributed by atoms with Crippen LogP contribution in [0.1, 0.15) is 33.6 Å². The van der Waals surface area contributed by atoms with Crippen LogP contribution in [0.25, 0.3) is 0 Å². The van der Waals surface area contributed by atoms with E-state index in [0.29, 0.717) is 37.6 Å². The largest absolute Gasteiger partial charge is 0.349 e. The molecule has 2 aromatic rings. The first-order valence-corrected chi connectivity index (χ1v) is 8.25. The zero-order chi connectivity index (χ0) is 18.7. The van der Waals surface area contributed by atoms with Gasteiger partial charge in [-0.2, -0.15) is 0 Å². The SMILES string of the molecule is O=C(NC1CCN(C(=O)c2ccc(F)cc2)CC1)c1ccc(F)cc1F. The maximum atomic E-state index is 13.7. The topological polar surface area (TPSA) is 49.4 Å². The van der Waals surface area contributed by atoms with Gasteiger partial charge in [0.15, 0.2) is 0 Å². The summed E-state index contributed by atoms with van der Waals surface area (Å²) in [7, 11) is 0. The number of hydrogen-bond acceptors (Lipinski definition) is 2. The van der Waals surface area contributed by atoms with Crippen LogP contribution in [0.15, 0.2) is 42.5 Å². The molecule has 0 aliphatic carbocycles. The lowest BCUT2D eigenvalue weighted by Gasteiger charge is -2.32. The first-order valence-electron chi connectivity index (χ1n) is 8.25. The molecular weight excluding hydrogens is 345 g/mol. The lowest BCUT2D eigenvalue weighted by molar-refractivity contribution is 0.0698. The zero-order valence-corrected chi connectivity index (χ0v) is 13.8. The summed E-state index contributed by atoms with van der Waals surface area (Å²) in [6.07, 6.45) is 1.03. The van der Waals surface area contributed by atoms with Gasteiger partial charge in [0.25, 0.3) is 11.8 Å². The van der Waals surface area contributed by atoms with E-state index in [1.165, 1.54) is 24.3 Å². The summed E-state index contributed by atoms with van der Waals surface area (Å²) < 4.78 is 39.5. The molecule has 4 nitrogen and oxygen atoms in total. The van der Waals surface area contributed by atoms with Crippen LogP contribution in [0.2, 0.25) is 0 Å². The molecule has 3 rings (SSSR count). The van der Waals surface area contributed by atoms with Gasteiger partial charge in [-0.15, -0.1) is 0 Å². The number of likely N-dealkylation sites (tertiary alicyclic amines) is 1. The lowest BCUT2D eigenvalue weighted by Crippen LogP contribution is -2.46. The second-order valence-corrected chi connectivity index (χ2v) is 6.17. The second-order valence-electron chi connectivity index (χ2n) is 6.17. The molecule has 0 spiro atoms. The van der Waals surface area contributed by atoms with E-state index in [4.69, 9.17) is 0 Å². The number of carbonyl (C=O) groups excluding carboxylic acids is 2. The normalized spacial score (nSPS) is 15.0. The van der Waals surface area contributed by atoms with Gasteiger partial charge in [-0.1, -0.05) is 0 Å². The lowest BCUT2D eigenvalue weighted by atomic mass is 10.0. The highest BCUT2D eigenvalue weighted by molar-refractivity contribution is 5.95. The highest BCUT2D eigenvalue weighted by atomic mass is 19.1. The van der Waals surface area contributed by atoms with E-state index in [-0.39, 0.29) is 17.5 Å². The molecule has 0 aromatic heterocycles. The van der Waals surface area contributed by atoms with Crippen molar-refractivity contribution in [2.75, 3.05) is 13.1 Å². The standard InChI is InChI=1S/C19H17F3N2O2/c20-13-3-1-12(2-4-13)19(26)24-9-7-15(8-10-24)23-18(25)16-6-5-14(21)11-17(16)22/h1-6,11,15H,7-10H2,(H,23,25). The Kier molecular flexibility index (Phi) is 5.25. The summed E-state index contributed by atoms with van der Waals surface area (Å²) in [5.41, 5.74) is 0.193. The Labute approximate surface area is 148 Å². The maximum absolute atomic E-state index is 13.7. The zero-order valence-electron chi connectivity index (χ0n) is 13.8. The maximum Gasteiger partial charge on any atom is 0.254 e. The van der Waals surface area contributed by atoms with Crippen molar-refractivity contribution in [3.63, 3.8) is 0 Å². The van der Waals surface area contributed by atoms with Gasteiger partial charge < -0.3 is 10.2 Å². The van der Waals surface area contributed by atoms with Crippen LogP contribution in [-0.4, -0.2) is 35.8 Å². The van der Waals surface area contributed by atoms with Crippen LogP contribution in [-0.2, 0) is 0 Å². The van der Waals surface area contributed by atoms with E-state index in [1.54, 1.807) is 4.90 Å². The molecule has 0 unspecified atom stereocenters. The fourth-order valence-corrected chi connectivity index (χ4v) is 2.94. The molecule has 0 bridgehead atoms. The molecule has 2 aromatic carbocycles. The van der Waals surface area contributed by atoms with Crippen LogP contribution < -0.4 is 5.32 Å². The van der Waals surface area contributed by atoms with Crippen molar-refractivity contribution in [1.82, 2.24) is 10.2 Å². The minimum Gasteiger partial charge on any atom is -0.349 e. The number of amides is 2. The third kappa shape index (κ3) is 4.04. The minimum atomic E-state index is -0.911. The van der Waals surface area contributed by atoms with Crippen molar-refractivity contribution in [2.45, 2.75) is 18.9 Å². The summed E-state index contributed by atoms with van der Waals surface area (Å²) in [6, 6.07) is 7.93. The predicted octanol–water partition coefficient (Wildman–Crippen LogP) is 3.14. The van der Waals surface area contributed by atoms with Gasteiger partial charge in [-0.3, -0.25) is 9.59 Å². The quantitative estimate of drug-likeness (QED) is 0.912. The molecule has 1 N–H and O–H groups in total. The summed E-state index contributed by atoms with van der Waals surface area (Å²) in [4.78, 5) is 26.1. The number of piperidine rings is 1. The third-order valence-electron chi connectivity index (χ3n) is 4.38. The predicted molar refractivity (Wildman–Crippen MR) is 89.1 cm³/mol. The average molecular weight is 362 g/mol. The van der Waals surface area contributed by atoms with E-state index >= 15 is 0 Å². The first kappa shape index (κ1) is 18.0. The molecule has 0 atom stereocenters. The average Bonchev–Trinajstić information content (AvgIpc) is 2.62. The van der Waals surface area contributed by atoms with Gasteiger partial charge in [-0.25, -0.2) is 13.2 Å². The number of rotatable bonds is 3. The van der Waals surface area contributed by atoms with Crippen LogP contribution in [0.5, 0.6) is 0 Å². The Morgan fingerprint density at radius 2 is 1.54 bits per heavy atom. The Morgan fingerprint density at radius 3 is 2.15 bits per heavy atom. The highest BCUT2D eigenvalue weighted by Gasteiger charge is 2.25. The molecule has 26 heavy (non-hydrogen) atoms. The number of benzene rings is 2. The number of carbonyl (C=O) groups is 2. The fraction of sp³-hybridized carbons (Fsp3) is 0.263. The van der Waals surface area contributed by atoms with Crippen molar-refractivity contribution < 1.29 is 22.8 Å².